The molecule has 3 fully saturated rings. The number of ether oxygens (including phenoxy) is 1. The lowest BCUT2D eigenvalue weighted by atomic mass is 9.89. The Bertz CT molecular complexity index is 924. The summed E-state index contributed by atoms with van der Waals surface area (Å²) in [6, 6.07) is 8.56. The van der Waals surface area contributed by atoms with E-state index in [1.165, 1.54) is 37.6 Å². The van der Waals surface area contributed by atoms with Crippen molar-refractivity contribution in [2.45, 2.75) is 57.9 Å². The number of benzene rings is 1. The Morgan fingerprint density at radius 3 is 2.56 bits per heavy atom. The second-order valence-electron chi connectivity index (χ2n) is 10.4. The van der Waals surface area contributed by atoms with E-state index in [0.29, 0.717) is 0 Å². The molecule has 1 amide bonds. The van der Waals surface area contributed by atoms with Crippen molar-refractivity contribution >= 4 is 22.9 Å². The van der Waals surface area contributed by atoms with E-state index in [4.69, 9.17) is 9.72 Å². The molecule has 3 heterocycles. The molecule has 0 spiro atoms. The fraction of sp³-hybridized carbons (Fsp3) is 0.704. The number of fused-ring (bicyclic) bond motifs is 1. The minimum atomic E-state index is 0.121. The van der Waals surface area contributed by atoms with Crippen LogP contribution in [0.5, 0.6) is 0 Å². The van der Waals surface area contributed by atoms with Gasteiger partial charge in [-0.25, -0.2) is 4.98 Å². The molecule has 0 unspecified atom stereocenters. The van der Waals surface area contributed by atoms with Crippen LogP contribution in [0.25, 0.3) is 11.0 Å². The van der Waals surface area contributed by atoms with Gasteiger partial charge in [0.15, 0.2) is 0 Å². The van der Waals surface area contributed by atoms with E-state index in [1.54, 1.807) is 0 Å². The van der Waals surface area contributed by atoms with Crippen LogP contribution in [0.4, 0.5) is 5.95 Å². The number of para-hydroxylation sites is 2. The number of morpholine rings is 1. The van der Waals surface area contributed by atoms with E-state index in [0.717, 1.165) is 95.7 Å². The molecule has 1 aromatic carbocycles. The lowest BCUT2D eigenvalue weighted by Crippen LogP contribution is -2.42. The molecule has 1 aliphatic carbocycles. The molecule has 2 aliphatic heterocycles. The van der Waals surface area contributed by atoms with E-state index < -0.39 is 0 Å². The Morgan fingerprint density at radius 2 is 1.76 bits per heavy atom. The van der Waals surface area contributed by atoms with E-state index in [-0.39, 0.29) is 11.8 Å². The number of anilines is 1. The molecule has 1 aromatic heterocycles. The predicted molar refractivity (Wildman–Crippen MR) is 136 cm³/mol. The number of imidazole rings is 1. The third-order valence-corrected chi connectivity index (χ3v) is 8.00. The first-order chi connectivity index (χ1) is 16.8. The van der Waals surface area contributed by atoms with E-state index >= 15 is 0 Å². The summed E-state index contributed by atoms with van der Waals surface area (Å²) in [5, 5.41) is 3.20. The summed E-state index contributed by atoms with van der Waals surface area (Å²) in [4.78, 5) is 22.7. The normalized spacial score (nSPS) is 21.2. The predicted octanol–water partition coefficient (Wildman–Crippen LogP) is 3.67. The van der Waals surface area contributed by atoms with E-state index in [2.05, 4.69) is 43.9 Å². The summed E-state index contributed by atoms with van der Waals surface area (Å²) in [7, 11) is 0. The quantitative estimate of drug-likeness (QED) is 0.600. The van der Waals surface area contributed by atoms with Crippen LogP contribution in [-0.2, 0) is 16.1 Å². The van der Waals surface area contributed by atoms with Gasteiger partial charge in [0.25, 0.3) is 0 Å². The van der Waals surface area contributed by atoms with Gasteiger partial charge in [-0.1, -0.05) is 31.4 Å². The molecule has 0 radical (unpaired) electrons. The molecule has 5 rings (SSSR count). The fourth-order valence-electron chi connectivity index (χ4n) is 5.94. The Kier molecular flexibility index (Phi) is 8.01. The van der Waals surface area contributed by atoms with Gasteiger partial charge in [0.2, 0.25) is 11.9 Å². The van der Waals surface area contributed by atoms with Crippen LogP contribution in [0.15, 0.2) is 24.3 Å². The van der Waals surface area contributed by atoms with Crippen molar-refractivity contribution in [3.63, 3.8) is 0 Å². The average molecular weight is 468 g/mol. The zero-order chi connectivity index (χ0) is 23.2. The van der Waals surface area contributed by atoms with Gasteiger partial charge in [-0.05, 0) is 56.7 Å². The maximum absolute atomic E-state index is 12.8. The molecular weight excluding hydrogens is 426 g/mol. The zero-order valence-corrected chi connectivity index (χ0v) is 20.6. The molecule has 3 aliphatic rings. The third-order valence-electron chi connectivity index (χ3n) is 8.00. The second-order valence-corrected chi connectivity index (χ2v) is 10.4. The number of aromatic nitrogens is 2. The largest absolute Gasteiger partial charge is 0.379 e. The molecule has 1 N–H and O–H groups in total. The van der Waals surface area contributed by atoms with Crippen molar-refractivity contribution in [1.82, 2.24) is 19.8 Å². The van der Waals surface area contributed by atoms with Crippen LogP contribution in [0.2, 0.25) is 0 Å². The van der Waals surface area contributed by atoms with Gasteiger partial charge in [-0.2, -0.15) is 0 Å². The summed E-state index contributed by atoms with van der Waals surface area (Å²) in [6.07, 6.45) is 9.59. The summed E-state index contributed by atoms with van der Waals surface area (Å²) in [6.45, 7) is 8.38. The van der Waals surface area contributed by atoms with Gasteiger partial charge in [0, 0.05) is 45.2 Å². The number of piperidine rings is 1. The summed E-state index contributed by atoms with van der Waals surface area (Å²) >= 11 is 0. The van der Waals surface area contributed by atoms with Gasteiger partial charge in [-0.3, -0.25) is 9.69 Å². The molecular formula is C27H41N5O2. The number of carbonyl (C=O) groups is 1. The van der Waals surface area contributed by atoms with Gasteiger partial charge in [-0.15, -0.1) is 0 Å². The second kappa shape index (κ2) is 11.5. The van der Waals surface area contributed by atoms with Crippen molar-refractivity contribution in [2.24, 2.45) is 11.8 Å². The topological polar surface area (TPSA) is 62.6 Å². The van der Waals surface area contributed by atoms with Crippen molar-refractivity contribution in [3.8, 4) is 0 Å². The lowest BCUT2D eigenvalue weighted by Gasteiger charge is -2.33. The van der Waals surface area contributed by atoms with Gasteiger partial charge in [0.05, 0.1) is 24.2 Å². The van der Waals surface area contributed by atoms with Crippen molar-refractivity contribution in [2.75, 3.05) is 57.4 Å². The van der Waals surface area contributed by atoms with E-state index in [1.807, 2.05) is 0 Å². The SMILES string of the molecule is O=C(NCCCN1CCOCC1)C1CCN(c2nc3ccccc3n2CC2CCCCC2)CC1. The minimum Gasteiger partial charge on any atom is -0.379 e. The number of hydrogen-bond donors (Lipinski definition) is 1. The maximum atomic E-state index is 12.8. The van der Waals surface area contributed by atoms with Gasteiger partial charge < -0.3 is 19.5 Å². The number of rotatable bonds is 8. The Labute approximate surface area is 203 Å². The molecule has 0 atom stereocenters. The Morgan fingerprint density at radius 1 is 1.00 bits per heavy atom. The van der Waals surface area contributed by atoms with Crippen LogP contribution in [-0.4, -0.2) is 72.8 Å². The van der Waals surface area contributed by atoms with Gasteiger partial charge in [0.1, 0.15) is 0 Å². The summed E-state index contributed by atoms with van der Waals surface area (Å²) in [5.41, 5.74) is 2.34. The number of carbonyl (C=O) groups excluding carboxylic acids is 1. The minimum absolute atomic E-state index is 0.121. The number of nitrogens with one attached hydrogen (secondary N) is 1. The number of nitrogens with zero attached hydrogens (tertiary/aromatic N) is 4. The first kappa shape index (κ1) is 23.6. The summed E-state index contributed by atoms with van der Waals surface area (Å²) < 4.78 is 7.87. The molecule has 34 heavy (non-hydrogen) atoms. The fourth-order valence-corrected chi connectivity index (χ4v) is 5.94. The molecule has 2 saturated heterocycles. The smallest absolute Gasteiger partial charge is 0.223 e. The first-order valence-electron chi connectivity index (χ1n) is 13.6. The highest BCUT2D eigenvalue weighted by atomic mass is 16.5. The van der Waals surface area contributed by atoms with E-state index in [9.17, 15) is 4.79 Å². The first-order valence-corrected chi connectivity index (χ1v) is 13.6. The number of hydrogen-bond acceptors (Lipinski definition) is 5. The van der Waals surface area contributed by atoms with Crippen LogP contribution < -0.4 is 10.2 Å². The van der Waals surface area contributed by atoms with Crippen LogP contribution in [0.1, 0.15) is 51.4 Å². The third kappa shape index (κ3) is 5.74. The molecule has 7 nitrogen and oxygen atoms in total. The Hall–Kier alpha value is -2.12. The molecule has 0 bridgehead atoms. The van der Waals surface area contributed by atoms with Crippen LogP contribution in [0, 0.1) is 11.8 Å². The monoisotopic (exact) mass is 467 g/mol. The van der Waals surface area contributed by atoms with Gasteiger partial charge >= 0.3 is 0 Å². The van der Waals surface area contributed by atoms with Crippen LogP contribution >= 0.6 is 0 Å². The highest BCUT2D eigenvalue weighted by molar-refractivity contribution is 5.80. The summed E-state index contributed by atoms with van der Waals surface area (Å²) in [5.74, 6) is 2.22. The standard InChI is InChI=1S/C27H41N5O2/c33-26(28-13-6-14-30-17-19-34-20-18-30)23-11-15-31(16-12-23)27-29-24-9-4-5-10-25(24)32(27)21-22-7-2-1-3-8-22/h4-5,9-10,22-23H,1-3,6-8,11-21H2,(H,28,33). The van der Waals surface area contributed by atoms with Crippen molar-refractivity contribution < 1.29 is 9.53 Å². The number of amides is 1. The highest BCUT2D eigenvalue weighted by Crippen LogP contribution is 2.31. The van der Waals surface area contributed by atoms with Crippen molar-refractivity contribution in [1.29, 1.82) is 0 Å². The highest BCUT2D eigenvalue weighted by Gasteiger charge is 2.28. The van der Waals surface area contributed by atoms with Crippen LogP contribution in [0.3, 0.4) is 0 Å². The average Bonchev–Trinajstić information content (AvgIpc) is 3.26. The van der Waals surface area contributed by atoms with Crippen molar-refractivity contribution in [3.05, 3.63) is 24.3 Å². The molecule has 1 saturated carbocycles. The molecule has 2 aromatic rings. The molecule has 7 heteroatoms. The zero-order valence-electron chi connectivity index (χ0n) is 20.6. The lowest BCUT2D eigenvalue weighted by molar-refractivity contribution is -0.125. The Balaban J connectivity index is 1.14. The molecule has 186 valence electrons. The maximum Gasteiger partial charge on any atom is 0.223 e.